The summed E-state index contributed by atoms with van der Waals surface area (Å²) < 4.78 is 0. The molecule has 1 fully saturated rings. The van der Waals surface area contributed by atoms with Crippen LogP contribution in [0.1, 0.15) is 62.3 Å². The van der Waals surface area contributed by atoms with E-state index in [1.165, 1.54) is 35.0 Å². The highest BCUT2D eigenvalue weighted by Gasteiger charge is 2.40. The Kier molecular flexibility index (Phi) is 5.62. The van der Waals surface area contributed by atoms with E-state index < -0.39 is 5.54 Å². The standard InChI is InChI=1S/C21H26N4OS2/c1-14(20(26)25(2)21(12-22)10-6-3-7-11-21)27-18-17-15-8-4-5-9-16(15)28-19(17)24-13-23-18/h13-14H,3-11H2,1-2H3/t14-/m0/s1. The zero-order chi connectivity index (χ0) is 19.7. The fourth-order valence-corrected chi connectivity index (χ4v) is 6.84. The third-order valence-corrected chi connectivity index (χ3v) is 8.50. The second-order valence-electron chi connectivity index (χ2n) is 7.93. The zero-order valence-electron chi connectivity index (χ0n) is 16.5. The Morgan fingerprint density at radius 2 is 2.00 bits per heavy atom. The first-order chi connectivity index (χ1) is 13.6. The lowest BCUT2D eigenvalue weighted by Crippen LogP contribution is -2.52. The first-order valence-corrected chi connectivity index (χ1v) is 11.9. The number of hydrogen-bond donors (Lipinski definition) is 0. The Morgan fingerprint density at radius 1 is 1.25 bits per heavy atom. The molecule has 5 nitrogen and oxygen atoms in total. The van der Waals surface area contributed by atoms with Gasteiger partial charge in [-0.3, -0.25) is 4.79 Å². The molecule has 2 aromatic heterocycles. The Balaban J connectivity index is 1.58. The lowest BCUT2D eigenvalue weighted by atomic mass is 9.81. The molecule has 0 unspecified atom stereocenters. The SMILES string of the molecule is C[C@H](Sc1ncnc2sc3c(c12)CCCC3)C(=O)N(C)C1(C#N)CCCCC1. The number of amides is 1. The summed E-state index contributed by atoms with van der Waals surface area (Å²) in [4.78, 5) is 26.4. The van der Waals surface area contributed by atoms with Crippen LogP contribution in [0.3, 0.4) is 0 Å². The van der Waals surface area contributed by atoms with Gasteiger partial charge in [-0.2, -0.15) is 5.26 Å². The predicted octanol–water partition coefficient (Wildman–Crippen LogP) is 4.74. The number of thioether (sulfide) groups is 1. The maximum absolute atomic E-state index is 13.2. The minimum absolute atomic E-state index is 0.0179. The highest BCUT2D eigenvalue weighted by Crippen LogP contribution is 2.41. The molecule has 2 aromatic rings. The van der Waals surface area contributed by atoms with Crippen molar-refractivity contribution in [2.75, 3.05) is 7.05 Å². The normalized spacial score (nSPS) is 19.6. The van der Waals surface area contributed by atoms with E-state index >= 15 is 0 Å². The molecule has 2 aliphatic carbocycles. The Morgan fingerprint density at radius 3 is 2.75 bits per heavy atom. The van der Waals surface area contributed by atoms with E-state index in [0.29, 0.717) is 0 Å². The number of nitriles is 1. The van der Waals surface area contributed by atoms with Gasteiger partial charge in [0.25, 0.3) is 0 Å². The summed E-state index contributed by atoms with van der Waals surface area (Å²) in [6.45, 7) is 1.93. The van der Waals surface area contributed by atoms with Crippen molar-refractivity contribution in [2.24, 2.45) is 0 Å². The van der Waals surface area contributed by atoms with Gasteiger partial charge in [0.1, 0.15) is 21.7 Å². The minimum atomic E-state index is -0.646. The summed E-state index contributed by atoms with van der Waals surface area (Å²) in [6.07, 6.45) is 11.0. The molecule has 148 valence electrons. The van der Waals surface area contributed by atoms with E-state index in [2.05, 4.69) is 16.0 Å². The molecule has 7 heteroatoms. The predicted molar refractivity (Wildman–Crippen MR) is 114 cm³/mol. The van der Waals surface area contributed by atoms with E-state index in [0.717, 1.165) is 60.2 Å². The molecule has 28 heavy (non-hydrogen) atoms. The number of fused-ring (bicyclic) bond motifs is 3. The molecular weight excluding hydrogens is 388 g/mol. The van der Waals surface area contributed by atoms with Crippen molar-refractivity contribution >= 4 is 39.2 Å². The van der Waals surface area contributed by atoms with Crippen LogP contribution >= 0.6 is 23.1 Å². The molecule has 0 radical (unpaired) electrons. The first-order valence-electron chi connectivity index (χ1n) is 10.2. The van der Waals surface area contributed by atoms with E-state index in [-0.39, 0.29) is 11.2 Å². The van der Waals surface area contributed by atoms with Gasteiger partial charge in [-0.05, 0) is 51.0 Å². The van der Waals surface area contributed by atoms with Gasteiger partial charge >= 0.3 is 0 Å². The number of aromatic nitrogens is 2. The number of hydrogen-bond acceptors (Lipinski definition) is 6. The average molecular weight is 415 g/mol. The average Bonchev–Trinajstić information content (AvgIpc) is 3.12. The number of nitrogens with zero attached hydrogens (tertiary/aromatic N) is 4. The van der Waals surface area contributed by atoms with Crippen molar-refractivity contribution in [3.05, 3.63) is 16.8 Å². The summed E-state index contributed by atoms with van der Waals surface area (Å²) in [7, 11) is 1.80. The van der Waals surface area contributed by atoms with Gasteiger partial charge in [-0.25, -0.2) is 9.97 Å². The second kappa shape index (κ2) is 8.00. The molecule has 1 atom stereocenters. The number of aryl methyl sites for hydroxylation is 2. The summed E-state index contributed by atoms with van der Waals surface area (Å²) in [6, 6.07) is 2.46. The number of rotatable bonds is 4. The molecular formula is C21H26N4OS2. The van der Waals surface area contributed by atoms with Crippen molar-refractivity contribution in [3.63, 3.8) is 0 Å². The highest BCUT2D eigenvalue weighted by molar-refractivity contribution is 8.00. The first kappa shape index (κ1) is 19.7. The third-order valence-electron chi connectivity index (χ3n) is 6.21. The molecule has 0 saturated heterocycles. The van der Waals surface area contributed by atoms with Crippen LogP contribution in [0.15, 0.2) is 11.4 Å². The van der Waals surface area contributed by atoms with E-state index in [1.54, 1.807) is 29.6 Å². The summed E-state index contributed by atoms with van der Waals surface area (Å²) in [5.41, 5.74) is 0.746. The largest absolute Gasteiger partial charge is 0.326 e. The number of thiophene rings is 1. The van der Waals surface area contributed by atoms with E-state index in [4.69, 9.17) is 0 Å². The zero-order valence-corrected chi connectivity index (χ0v) is 18.2. The van der Waals surface area contributed by atoms with Crippen LogP contribution in [0.5, 0.6) is 0 Å². The summed E-state index contributed by atoms with van der Waals surface area (Å²) in [5.74, 6) is 0.0179. The molecule has 2 heterocycles. The van der Waals surface area contributed by atoms with Crippen molar-refractivity contribution < 1.29 is 4.79 Å². The molecule has 0 N–H and O–H groups in total. The third kappa shape index (κ3) is 3.42. The lowest BCUT2D eigenvalue weighted by molar-refractivity contribution is -0.133. The van der Waals surface area contributed by atoms with Crippen LogP contribution in [0.25, 0.3) is 10.2 Å². The van der Waals surface area contributed by atoms with Crippen LogP contribution in [0.2, 0.25) is 0 Å². The van der Waals surface area contributed by atoms with Crippen molar-refractivity contribution in [3.8, 4) is 6.07 Å². The fraction of sp³-hybridized carbons (Fsp3) is 0.619. The topological polar surface area (TPSA) is 69.9 Å². The minimum Gasteiger partial charge on any atom is -0.326 e. The Labute approximate surface area is 174 Å². The molecule has 0 spiro atoms. The van der Waals surface area contributed by atoms with Crippen LogP contribution in [-0.4, -0.2) is 38.6 Å². The summed E-state index contributed by atoms with van der Waals surface area (Å²) >= 11 is 3.29. The van der Waals surface area contributed by atoms with E-state index in [1.807, 2.05) is 6.92 Å². The monoisotopic (exact) mass is 414 g/mol. The number of carbonyl (C=O) groups is 1. The van der Waals surface area contributed by atoms with Gasteiger partial charge in [-0.15, -0.1) is 11.3 Å². The molecule has 0 bridgehead atoms. The maximum atomic E-state index is 13.2. The fourth-order valence-electron chi connectivity index (χ4n) is 4.51. The maximum Gasteiger partial charge on any atom is 0.236 e. The van der Waals surface area contributed by atoms with Gasteiger partial charge in [0.2, 0.25) is 5.91 Å². The van der Waals surface area contributed by atoms with Crippen LogP contribution in [0.4, 0.5) is 0 Å². The quantitative estimate of drug-likeness (QED) is 0.534. The molecule has 0 aromatic carbocycles. The van der Waals surface area contributed by atoms with Crippen molar-refractivity contribution in [1.82, 2.24) is 14.9 Å². The summed E-state index contributed by atoms with van der Waals surface area (Å²) in [5, 5.41) is 11.6. The molecule has 1 saturated carbocycles. The number of carbonyl (C=O) groups excluding carboxylic acids is 1. The van der Waals surface area contributed by atoms with Gasteiger partial charge in [0.05, 0.1) is 11.3 Å². The molecule has 4 rings (SSSR count). The smallest absolute Gasteiger partial charge is 0.236 e. The Bertz CT molecular complexity index is 926. The Hall–Kier alpha value is -1.65. The van der Waals surface area contributed by atoms with Crippen LogP contribution < -0.4 is 0 Å². The second-order valence-corrected chi connectivity index (χ2v) is 10.3. The van der Waals surface area contributed by atoms with Gasteiger partial charge in [-0.1, -0.05) is 31.0 Å². The van der Waals surface area contributed by atoms with Crippen molar-refractivity contribution in [1.29, 1.82) is 5.26 Å². The lowest BCUT2D eigenvalue weighted by Gasteiger charge is -2.40. The molecule has 0 aliphatic heterocycles. The van der Waals surface area contributed by atoms with Crippen LogP contribution in [0, 0.1) is 11.3 Å². The van der Waals surface area contributed by atoms with Gasteiger partial charge in [0, 0.05) is 17.3 Å². The molecule has 2 aliphatic rings. The molecule has 1 amide bonds. The highest BCUT2D eigenvalue weighted by atomic mass is 32.2. The van der Waals surface area contributed by atoms with Crippen molar-refractivity contribution in [2.45, 2.75) is 80.5 Å². The van der Waals surface area contributed by atoms with Crippen LogP contribution in [-0.2, 0) is 17.6 Å². The van der Waals surface area contributed by atoms with E-state index in [9.17, 15) is 10.1 Å². The van der Waals surface area contributed by atoms with Gasteiger partial charge < -0.3 is 4.90 Å². The van der Waals surface area contributed by atoms with Gasteiger partial charge in [0.15, 0.2) is 0 Å².